The van der Waals surface area contributed by atoms with Crippen molar-refractivity contribution in [2.75, 3.05) is 38.7 Å². The van der Waals surface area contributed by atoms with Crippen molar-refractivity contribution in [1.29, 1.82) is 0 Å². The van der Waals surface area contributed by atoms with Crippen LogP contribution in [0.2, 0.25) is 15.1 Å². The summed E-state index contributed by atoms with van der Waals surface area (Å²) in [6.45, 7) is 4.99. The van der Waals surface area contributed by atoms with Crippen molar-refractivity contribution < 1.29 is 32.2 Å². The number of rotatable bonds is 14. The molecule has 0 aromatic heterocycles. The van der Waals surface area contributed by atoms with Gasteiger partial charge in [-0.15, -0.1) is 0 Å². The second-order valence-electron chi connectivity index (χ2n) is 10.4. The minimum absolute atomic E-state index is 0.00882. The van der Waals surface area contributed by atoms with Gasteiger partial charge in [0.25, 0.3) is 10.0 Å². The van der Waals surface area contributed by atoms with Gasteiger partial charge in [-0.05, 0) is 60.9 Å². The van der Waals surface area contributed by atoms with Crippen molar-refractivity contribution in [2.24, 2.45) is 5.92 Å². The topological polar surface area (TPSA) is 114 Å². The smallest absolute Gasteiger partial charge is 0.265 e. The van der Waals surface area contributed by atoms with Crippen molar-refractivity contribution in [3.63, 3.8) is 0 Å². The van der Waals surface area contributed by atoms with Crippen LogP contribution in [0.5, 0.6) is 17.2 Å². The van der Waals surface area contributed by atoms with E-state index >= 15 is 0 Å². The molecule has 1 atom stereocenters. The first-order valence-corrected chi connectivity index (χ1v) is 16.4. The molecule has 0 spiro atoms. The maximum absolute atomic E-state index is 14.3. The molecule has 0 unspecified atom stereocenters. The average Bonchev–Trinajstić information content (AvgIpc) is 3.01. The van der Waals surface area contributed by atoms with Gasteiger partial charge in [-0.25, -0.2) is 8.42 Å². The Morgan fingerprint density at radius 3 is 2.02 bits per heavy atom. The Balaban J connectivity index is 2.15. The first kappa shape index (κ1) is 36.1. The second-order valence-corrected chi connectivity index (χ2v) is 13.6. The fourth-order valence-corrected chi connectivity index (χ4v) is 6.41. The fraction of sp³-hybridized carbons (Fsp3) is 0.355. The van der Waals surface area contributed by atoms with E-state index in [1.807, 2.05) is 13.8 Å². The molecule has 0 fully saturated rings. The average molecular weight is 701 g/mol. The lowest BCUT2D eigenvalue weighted by Gasteiger charge is -2.32. The van der Waals surface area contributed by atoms with Crippen molar-refractivity contribution in [2.45, 2.75) is 38.3 Å². The summed E-state index contributed by atoms with van der Waals surface area (Å²) in [7, 11) is -0.309. The molecule has 3 aromatic carbocycles. The molecule has 1 N–H and O–H groups in total. The number of hydrogen-bond acceptors (Lipinski definition) is 7. The number of hydrogen-bond donors (Lipinski definition) is 1. The Labute approximate surface area is 279 Å². The van der Waals surface area contributed by atoms with Gasteiger partial charge in [-0.3, -0.25) is 13.9 Å². The molecular weight excluding hydrogens is 665 g/mol. The number of ether oxygens (including phenoxy) is 3. The molecule has 0 heterocycles. The van der Waals surface area contributed by atoms with E-state index in [9.17, 15) is 18.0 Å². The molecule has 0 bridgehead atoms. The third-order valence-electron chi connectivity index (χ3n) is 6.84. The van der Waals surface area contributed by atoms with Gasteiger partial charge in [0.15, 0.2) is 11.5 Å². The molecule has 3 aromatic rings. The summed E-state index contributed by atoms with van der Waals surface area (Å²) in [6.07, 6.45) is 0. The quantitative estimate of drug-likeness (QED) is 0.218. The molecule has 10 nitrogen and oxygen atoms in total. The van der Waals surface area contributed by atoms with Gasteiger partial charge >= 0.3 is 0 Å². The van der Waals surface area contributed by atoms with E-state index in [0.29, 0.717) is 22.9 Å². The monoisotopic (exact) mass is 699 g/mol. The van der Waals surface area contributed by atoms with Crippen LogP contribution in [0.1, 0.15) is 26.3 Å². The number of carbonyl (C=O) groups excluding carboxylic acids is 2. The number of nitrogens with one attached hydrogen (secondary N) is 1. The minimum Gasteiger partial charge on any atom is -0.495 e. The van der Waals surface area contributed by atoms with Gasteiger partial charge in [0.2, 0.25) is 11.8 Å². The second kappa shape index (κ2) is 15.8. The standard InChI is InChI=1S/C31H36Cl3N3O7S/c1-19(2)16-35-31(39)20(3)36(17-21-7-8-22(32)13-25(21)34)30(38)18-37(26-14-23(33)9-11-27(26)42-4)45(40,41)24-10-12-28(43-5)29(15-24)44-6/h7-15,19-20H,16-18H2,1-6H3,(H,35,39)/t20-/m1/s1. The van der Waals surface area contributed by atoms with Crippen LogP contribution in [0.15, 0.2) is 59.5 Å². The Morgan fingerprint density at radius 2 is 1.42 bits per heavy atom. The molecule has 244 valence electrons. The Morgan fingerprint density at radius 1 is 0.822 bits per heavy atom. The molecule has 0 aliphatic rings. The normalized spacial score (nSPS) is 12.0. The summed E-state index contributed by atoms with van der Waals surface area (Å²) in [5.74, 6) is -0.334. The van der Waals surface area contributed by atoms with E-state index in [-0.39, 0.29) is 44.6 Å². The van der Waals surface area contributed by atoms with Gasteiger partial charge in [0.05, 0.1) is 31.9 Å². The number of methoxy groups -OCH3 is 3. The number of halogens is 3. The van der Waals surface area contributed by atoms with E-state index < -0.39 is 34.4 Å². The molecule has 0 aliphatic carbocycles. The summed E-state index contributed by atoms with van der Waals surface area (Å²) in [4.78, 5) is 28.5. The maximum Gasteiger partial charge on any atom is 0.265 e. The number of nitrogens with zero attached hydrogens (tertiary/aromatic N) is 2. The lowest BCUT2D eigenvalue weighted by Crippen LogP contribution is -2.51. The number of sulfonamides is 1. The van der Waals surface area contributed by atoms with E-state index in [2.05, 4.69) is 5.32 Å². The highest BCUT2D eigenvalue weighted by Gasteiger charge is 2.34. The van der Waals surface area contributed by atoms with Gasteiger partial charge < -0.3 is 24.4 Å². The van der Waals surface area contributed by atoms with Crippen molar-refractivity contribution >= 4 is 62.3 Å². The molecule has 0 radical (unpaired) electrons. The summed E-state index contributed by atoms with van der Waals surface area (Å²) in [5.41, 5.74) is 0.516. The number of carbonyl (C=O) groups is 2. The van der Waals surface area contributed by atoms with Crippen molar-refractivity contribution in [3.05, 3.63) is 75.2 Å². The lowest BCUT2D eigenvalue weighted by molar-refractivity contribution is -0.139. The molecule has 45 heavy (non-hydrogen) atoms. The third-order valence-corrected chi connectivity index (χ3v) is 9.42. The minimum atomic E-state index is -4.48. The van der Waals surface area contributed by atoms with Gasteiger partial charge in [-0.1, -0.05) is 54.7 Å². The number of benzene rings is 3. The molecule has 2 amide bonds. The summed E-state index contributed by atoms with van der Waals surface area (Å²) >= 11 is 18.8. The van der Waals surface area contributed by atoms with Gasteiger partial charge in [0, 0.05) is 34.2 Å². The largest absolute Gasteiger partial charge is 0.495 e. The van der Waals surface area contributed by atoms with E-state index in [4.69, 9.17) is 49.0 Å². The van der Waals surface area contributed by atoms with Crippen LogP contribution in [0, 0.1) is 5.92 Å². The summed E-state index contributed by atoms with van der Waals surface area (Å²) < 4.78 is 45.6. The third kappa shape index (κ3) is 8.88. The zero-order valence-corrected chi connectivity index (χ0v) is 28.9. The van der Waals surface area contributed by atoms with Crippen LogP contribution in [0.25, 0.3) is 0 Å². The van der Waals surface area contributed by atoms with Crippen molar-refractivity contribution in [1.82, 2.24) is 10.2 Å². The van der Waals surface area contributed by atoms with E-state index in [1.54, 1.807) is 19.1 Å². The molecular formula is C31H36Cl3N3O7S. The predicted octanol–water partition coefficient (Wildman–Crippen LogP) is 6.06. The van der Waals surface area contributed by atoms with Crippen LogP contribution in [0.4, 0.5) is 5.69 Å². The van der Waals surface area contributed by atoms with Crippen LogP contribution in [-0.2, 0) is 26.2 Å². The summed E-state index contributed by atoms with van der Waals surface area (Å²) in [5, 5.41) is 3.71. The highest BCUT2D eigenvalue weighted by Crippen LogP contribution is 2.37. The van der Waals surface area contributed by atoms with Crippen LogP contribution in [-0.4, -0.2) is 65.6 Å². The highest BCUT2D eigenvalue weighted by molar-refractivity contribution is 7.92. The summed E-state index contributed by atoms with van der Waals surface area (Å²) in [6, 6.07) is 12.2. The Bertz CT molecular complexity index is 1640. The van der Waals surface area contributed by atoms with Crippen LogP contribution >= 0.6 is 34.8 Å². The molecule has 3 rings (SSSR count). The van der Waals surface area contributed by atoms with Gasteiger partial charge in [-0.2, -0.15) is 0 Å². The maximum atomic E-state index is 14.3. The van der Waals surface area contributed by atoms with E-state index in [1.165, 1.54) is 68.7 Å². The van der Waals surface area contributed by atoms with Crippen molar-refractivity contribution in [3.8, 4) is 17.2 Å². The molecule has 0 saturated carbocycles. The van der Waals surface area contributed by atoms with Crippen LogP contribution in [0.3, 0.4) is 0 Å². The Hall–Kier alpha value is -3.38. The Kier molecular flexibility index (Phi) is 12.6. The predicted molar refractivity (Wildman–Crippen MR) is 176 cm³/mol. The highest BCUT2D eigenvalue weighted by atomic mass is 35.5. The van der Waals surface area contributed by atoms with Crippen LogP contribution < -0.4 is 23.8 Å². The van der Waals surface area contributed by atoms with E-state index in [0.717, 1.165) is 4.31 Å². The molecule has 0 saturated heterocycles. The SMILES string of the molecule is COc1ccc(S(=O)(=O)N(CC(=O)N(Cc2ccc(Cl)cc2Cl)[C@H](C)C(=O)NCC(C)C)c2cc(Cl)ccc2OC)cc1OC. The number of anilines is 1. The molecule has 0 aliphatic heterocycles. The first-order chi connectivity index (χ1) is 21.2. The zero-order valence-electron chi connectivity index (χ0n) is 25.8. The molecule has 14 heteroatoms. The number of amides is 2. The first-order valence-electron chi connectivity index (χ1n) is 13.8. The lowest BCUT2D eigenvalue weighted by atomic mass is 10.1. The fourth-order valence-electron chi connectivity index (χ4n) is 4.34. The van der Waals surface area contributed by atoms with Gasteiger partial charge in [0.1, 0.15) is 18.3 Å². The zero-order chi connectivity index (χ0) is 33.5.